The van der Waals surface area contributed by atoms with Gasteiger partial charge in [-0.1, -0.05) is 37.3 Å². The summed E-state index contributed by atoms with van der Waals surface area (Å²) in [6.07, 6.45) is -0.190. The van der Waals surface area contributed by atoms with Crippen LogP contribution in [-0.2, 0) is 13.3 Å². The van der Waals surface area contributed by atoms with Crippen LogP contribution in [0.2, 0.25) is 6.04 Å². The Morgan fingerprint density at radius 1 is 1.18 bits per heavy atom. The molecular formula is C12H19ClO3Si. The monoisotopic (exact) mass is 274 g/mol. The van der Waals surface area contributed by atoms with Crippen molar-refractivity contribution in [2.24, 2.45) is 0 Å². The van der Waals surface area contributed by atoms with Gasteiger partial charge in [0.15, 0.2) is 0 Å². The minimum atomic E-state index is -2.57. The Kier molecular flexibility index (Phi) is 6.15. The van der Waals surface area contributed by atoms with Crippen molar-refractivity contribution in [3.8, 4) is 0 Å². The molecule has 0 aliphatic heterocycles. The van der Waals surface area contributed by atoms with Gasteiger partial charge < -0.3 is 13.3 Å². The first-order chi connectivity index (χ1) is 8.21. The van der Waals surface area contributed by atoms with Gasteiger partial charge in [0, 0.05) is 20.3 Å². The zero-order chi connectivity index (χ0) is 12.7. The molecule has 0 aromatic heterocycles. The van der Waals surface area contributed by atoms with Crippen LogP contribution in [0, 0.1) is 0 Å². The van der Waals surface area contributed by atoms with Crippen molar-refractivity contribution in [3.05, 3.63) is 35.9 Å². The normalized spacial score (nSPS) is 13.6. The van der Waals surface area contributed by atoms with E-state index < -0.39 is 8.80 Å². The molecule has 0 aliphatic rings. The first-order valence-electron chi connectivity index (χ1n) is 5.60. The van der Waals surface area contributed by atoms with Crippen LogP contribution < -0.4 is 0 Å². The molecular weight excluding hydrogens is 256 g/mol. The molecule has 0 aliphatic carbocycles. The van der Waals surface area contributed by atoms with E-state index in [1.54, 1.807) is 14.2 Å². The molecule has 0 heterocycles. The van der Waals surface area contributed by atoms with Crippen molar-refractivity contribution in [2.45, 2.75) is 19.1 Å². The van der Waals surface area contributed by atoms with Crippen molar-refractivity contribution in [1.82, 2.24) is 0 Å². The maximum absolute atomic E-state index is 5.98. The van der Waals surface area contributed by atoms with E-state index in [1.165, 1.54) is 0 Å². The molecule has 0 bridgehead atoms. The fourth-order valence-electron chi connectivity index (χ4n) is 1.62. The van der Waals surface area contributed by atoms with Crippen LogP contribution in [0.5, 0.6) is 0 Å². The van der Waals surface area contributed by atoms with E-state index >= 15 is 0 Å². The van der Waals surface area contributed by atoms with Gasteiger partial charge in [-0.15, -0.1) is 11.6 Å². The van der Waals surface area contributed by atoms with Crippen LogP contribution in [0.25, 0.3) is 0 Å². The third-order valence-electron chi connectivity index (χ3n) is 2.69. The first-order valence-corrected chi connectivity index (χ1v) is 8.07. The summed E-state index contributed by atoms with van der Waals surface area (Å²) in [7, 11) is 0.672. The summed E-state index contributed by atoms with van der Waals surface area (Å²) >= 11 is 5.97. The number of alkyl halides is 1. The zero-order valence-corrected chi connectivity index (χ0v) is 12.2. The molecule has 0 radical (unpaired) electrons. The second-order valence-electron chi connectivity index (χ2n) is 3.62. The van der Waals surface area contributed by atoms with Gasteiger partial charge in [-0.2, -0.15) is 0 Å². The quantitative estimate of drug-likeness (QED) is 0.564. The third-order valence-corrected chi connectivity index (χ3v) is 5.72. The van der Waals surface area contributed by atoms with Crippen LogP contribution in [0.3, 0.4) is 0 Å². The summed E-state index contributed by atoms with van der Waals surface area (Å²) in [5.74, 6) is 0.380. The van der Waals surface area contributed by atoms with E-state index in [2.05, 4.69) is 0 Å². The second-order valence-corrected chi connectivity index (χ2v) is 7.05. The molecule has 96 valence electrons. The molecule has 1 aromatic carbocycles. The zero-order valence-electron chi connectivity index (χ0n) is 10.5. The molecule has 0 saturated carbocycles. The first kappa shape index (κ1) is 14.7. The van der Waals surface area contributed by atoms with Gasteiger partial charge in [0.2, 0.25) is 0 Å². The van der Waals surface area contributed by atoms with Crippen LogP contribution in [0.15, 0.2) is 30.3 Å². The van der Waals surface area contributed by atoms with Crippen molar-refractivity contribution in [1.29, 1.82) is 0 Å². The maximum atomic E-state index is 5.98. The molecule has 3 nitrogen and oxygen atoms in total. The molecule has 5 heteroatoms. The van der Waals surface area contributed by atoms with Crippen LogP contribution in [0.1, 0.15) is 18.6 Å². The summed E-state index contributed by atoms with van der Waals surface area (Å²) < 4.78 is 16.8. The van der Waals surface area contributed by atoms with Crippen LogP contribution in [-0.4, -0.2) is 28.9 Å². The van der Waals surface area contributed by atoms with Crippen LogP contribution in [0.4, 0.5) is 0 Å². The van der Waals surface area contributed by atoms with Gasteiger partial charge >= 0.3 is 8.80 Å². The Balaban J connectivity index is 2.82. The lowest BCUT2D eigenvalue weighted by molar-refractivity contribution is 0.0648. The molecule has 17 heavy (non-hydrogen) atoms. The highest BCUT2D eigenvalue weighted by Gasteiger charge is 2.39. The largest absolute Gasteiger partial charge is 0.500 e. The van der Waals surface area contributed by atoms with Gasteiger partial charge in [0.25, 0.3) is 0 Å². The smallest absolute Gasteiger partial charge is 0.377 e. The highest BCUT2D eigenvalue weighted by Crippen LogP contribution is 2.26. The van der Waals surface area contributed by atoms with Crippen molar-refractivity contribution in [2.75, 3.05) is 20.1 Å². The van der Waals surface area contributed by atoms with E-state index in [-0.39, 0.29) is 6.10 Å². The Morgan fingerprint density at radius 3 is 2.18 bits per heavy atom. The number of hydrogen-bond acceptors (Lipinski definition) is 3. The van der Waals surface area contributed by atoms with Crippen LogP contribution >= 0.6 is 11.6 Å². The number of hydrogen-bond donors (Lipinski definition) is 0. The average molecular weight is 275 g/mol. The predicted octanol–water partition coefficient (Wildman–Crippen LogP) is 3.23. The van der Waals surface area contributed by atoms with Crippen molar-refractivity contribution >= 4 is 20.4 Å². The SMILES string of the molecule is CC[Si](OC)(OC)OC(CCl)c1ccccc1. The summed E-state index contributed by atoms with van der Waals surface area (Å²) in [6, 6.07) is 10.6. The number of benzene rings is 1. The summed E-state index contributed by atoms with van der Waals surface area (Å²) in [5, 5.41) is 0. The minimum absolute atomic E-state index is 0.190. The highest BCUT2D eigenvalue weighted by atomic mass is 35.5. The Hall–Kier alpha value is -0.393. The number of rotatable bonds is 7. The summed E-state index contributed by atoms with van der Waals surface area (Å²) in [4.78, 5) is 0. The van der Waals surface area contributed by atoms with E-state index in [9.17, 15) is 0 Å². The molecule has 0 N–H and O–H groups in total. The number of halogens is 1. The standard InChI is InChI=1S/C12H19ClO3Si/c1-4-17(14-2,15-3)16-12(10-13)11-8-6-5-7-9-11/h5-9,12H,4,10H2,1-3H3. The summed E-state index contributed by atoms with van der Waals surface area (Å²) in [6.45, 7) is 2.00. The Labute approximate surface area is 109 Å². The molecule has 1 unspecified atom stereocenters. The topological polar surface area (TPSA) is 27.7 Å². The van der Waals surface area contributed by atoms with Crippen molar-refractivity contribution in [3.63, 3.8) is 0 Å². The molecule has 1 aromatic rings. The van der Waals surface area contributed by atoms with Gasteiger partial charge in [-0.25, -0.2) is 0 Å². The second kappa shape index (κ2) is 7.13. The third kappa shape index (κ3) is 3.79. The van der Waals surface area contributed by atoms with E-state index in [4.69, 9.17) is 24.9 Å². The van der Waals surface area contributed by atoms with E-state index in [0.29, 0.717) is 5.88 Å². The van der Waals surface area contributed by atoms with Gasteiger partial charge in [0.05, 0.1) is 12.0 Å². The Bertz CT molecular complexity index is 309. The Morgan fingerprint density at radius 2 is 1.76 bits per heavy atom. The summed E-state index contributed by atoms with van der Waals surface area (Å²) in [5.41, 5.74) is 1.04. The fourth-order valence-corrected chi connectivity index (χ4v) is 3.73. The fraction of sp³-hybridized carbons (Fsp3) is 0.500. The lowest BCUT2D eigenvalue weighted by atomic mass is 10.1. The van der Waals surface area contributed by atoms with E-state index in [0.717, 1.165) is 11.6 Å². The van der Waals surface area contributed by atoms with Gasteiger partial charge in [0.1, 0.15) is 0 Å². The van der Waals surface area contributed by atoms with E-state index in [1.807, 2.05) is 37.3 Å². The molecule has 1 atom stereocenters. The van der Waals surface area contributed by atoms with Crippen molar-refractivity contribution < 1.29 is 13.3 Å². The molecule has 0 saturated heterocycles. The highest BCUT2D eigenvalue weighted by molar-refractivity contribution is 6.60. The lowest BCUT2D eigenvalue weighted by Gasteiger charge is -2.29. The average Bonchev–Trinajstić information content (AvgIpc) is 2.42. The lowest BCUT2D eigenvalue weighted by Crippen LogP contribution is -2.44. The molecule has 0 amide bonds. The molecule has 0 spiro atoms. The minimum Gasteiger partial charge on any atom is -0.377 e. The van der Waals surface area contributed by atoms with Gasteiger partial charge in [-0.3, -0.25) is 0 Å². The molecule has 1 rings (SSSR count). The predicted molar refractivity (Wildman–Crippen MR) is 71.2 cm³/mol. The van der Waals surface area contributed by atoms with Gasteiger partial charge in [-0.05, 0) is 5.56 Å². The maximum Gasteiger partial charge on any atom is 0.500 e. The molecule has 0 fully saturated rings.